The van der Waals surface area contributed by atoms with Gasteiger partial charge in [-0.2, -0.15) is 0 Å². The van der Waals surface area contributed by atoms with Crippen LogP contribution in [0.2, 0.25) is 0 Å². The van der Waals surface area contributed by atoms with Crippen molar-refractivity contribution in [3.8, 4) is 0 Å². The molecule has 0 aliphatic heterocycles. The summed E-state index contributed by atoms with van der Waals surface area (Å²) < 4.78 is 5.95. The van der Waals surface area contributed by atoms with E-state index in [2.05, 4.69) is 40.7 Å². The maximum absolute atomic E-state index is 5.95. The van der Waals surface area contributed by atoms with E-state index in [0.717, 1.165) is 41.9 Å². The maximum atomic E-state index is 5.95. The molecule has 1 nitrogen and oxygen atoms in total. The summed E-state index contributed by atoms with van der Waals surface area (Å²) in [6.07, 6.45) is 18.1. The quantitative estimate of drug-likeness (QED) is 0.299. The molecule has 4 aliphatic rings. The highest BCUT2D eigenvalue weighted by Gasteiger charge is 2.59. The number of rotatable bonds is 6. The lowest BCUT2D eigenvalue weighted by Crippen LogP contribution is -2.51. The molecular formula is C29H48OS. The normalized spacial score (nSPS) is 42.9. The fraction of sp³-hybridized carbons (Fsp3) is 0.897. The molecule has 0 radical (unpaired) electrons. The van der Waals surface area contributed by atoms with Gasteiger partial charge in [-0.1, -0.05) is 59.5 Å². The van der Waals surface area contributed by atoms with E-state index < -0.39 is 0 Å². The van der Waals surface area contributed by atoms with Crippen LogP contribution in [0.5, 0.6) is 0 Å². The zero-order valence-corrected chi connectivity index (χ0v) is 22.0. The number of thiocarbonyl (C=S) groups is 1. The van der Waals surface area contributed by atoms with Crippen LogP contribution in [0.1, 0.15) is 112 Å². The van der Waals surface area contributed by atoms with Gasteiger partial charge in [-0.05, 0) is 116 Å². The topological polar surface area (TPSA) is 9.23 Å². The Labute approximate surface area is 198 Å². The molecule has 3 saturated carbocycles. The van der Waals surface area contributed by atoms with Crippen molar-refractivity contribution in [1.82, 2.24) is 0 Å². The first-order valence-corrected chi connectivity index (χ1v) is 13.9. The molecule has 0 bridgehead atoms. The zero-order valence-electron chi connectivity index (χ0n) is 21.2. The predicted octanol–water partition coefficient (Wildman–Crippen LogP) is 8.76. The van der Waals surface area contributed by atoms with E-state index in [9.17, 15) is 0 Å². The Balaban J connectivity index is 1.47. The Morgan fingerprint density at radius 1 is 1.03 bits per heavy atom. The lowest BCUT2D eigenvalue weighted by atomic mass is 9.46. The molecule has 0 N–H and O–H groups in total. The summed E-state index contributed by atoms with van der Waals surface area (Å²) in [5.41, 5.74) is 2.73. The molecule has 2 heteroatoms. The largest absolute Gasteiger partial charge is 0.480 e. The Kier molecular flexibility index (Phi) is 6.99. The molecule has 0 spiro atoms. The Bertz CT molecular complexity index is 695. The standard InChI is InChI=1S/C29H48OS/c1-19(2)8-7-9-20(3)25-12-13-26-24-11-10-22-18-23(30-21(4)31)14-16-28(22,5)27(24)15-17-29(25,26)6/h18-20,23-27H,7-17H2,1-6H3. The molecule has 8 atom stereocenters. The first-order valence-electron chi connectivity index (χ1n) is 13.5. The minimum atomic E-state index is 0.230. The highest BCUT2D eigenvalue weighted by Crippen LogP contribution is 2.67. The van der Waals surface area contributed by atoms with Crippen LogP contribution in [0.25, 0.3) is 0 Å². The molecule has 0 aromatic carbocycles. The fourth-order valence-corrected chi connectivity index (χ4v) is 9.15. The first-order chi connectivity index (χ1) is 14.6. The van der Waals surface area contributed by atoms with E-state index in [0.29, 0.717) is 15.9 Å². The van der Waals surface area contributed by atoms with Crippen LogP contribution in [0.3, 0.4) is 0 Å². The second-order valence-corrected chi connectivity index (χ2v) is 13.3. The van der Waals surface area contributed by atoms with Gasteiger partial charge in [0.05, 0.1) is 0 Å². The van der Waals surface area contributed by atoms with Crippen LogP contribution in [-0.2, 0) is 4.74 Å². The van der Waals surface area contributed by atoms with Gasteiger partial charge in [-0.25, -0.2) is 0 Å². The molecule has 0 saturated heterocycles. The van der Waals surface area contributed by atoms with Gasteiger partial charge >= 0.3 is 0 Å². The van der Waals surface area contributed by atoms with Gasteiger partial charge in [0.25, 0.3) is 0 Å². The summed E-state index contributed by atoms with van der Waals surface area (Å²) in [7, 11) is 0. The minimum Gasteiger partial charge on any atom is -0.480 e. The molecule has 4 aliphatic carbocycles. The van der Waals surface area contributed by atoms with Crippen molar-refractivity contribution >= 4 is 17.3 Å². The van der Waals surface area contributed by atoms with E-state index in [-0.39, 0.29) is 6.10 Å². The van der Waals surface area contributed by atoms with Gasteiger partial charge in [0, 0.05) is 6.92 Å². The van der Waals surface area contributed by atoms with Crippen LogP contribution in [0, 0.1) is 46.3 Å². The highest BCUT2D eigenvalue weighted by molar-refractivity contribution is 7.80. The smallest absolute Gasteiger partial charge is 0.157 e. The van der Waals surface area contributed by atoms with Crippen molar-refractivity contribution in [2.45, 2.75) is 118 Å². The third-order valence-corrected chi connectivity index (χ3v) is 10.7. The monoisotopic (exact) mass is 444 g/mol. The average molecular weight is 445 g/mol. The molecule has 3 fully saturated rings. The zero-order chi connectivity index (χ0) is 22.4. The van der Waals surface area contributed by atoms with Crippen molar-refractivity contribution in [2.24, 2.45) is 46.3 Å². The van der Waals surface area contributed by atoms with E-state index in [4.69, 9.17) is 17.0 Å². The second kappa shape index (κ2) is 9.11. The summed E-state index contributed by atoms with van der Waals surface area (Å²) in [6.45, 7) is 14.6. The van der Waals surface area contributed by atoms with Crippen LogP contribution in [-0.4, -0.2) is 11.2 Å². The summed E-state index contributed by atoms with van der Waals surface area (Å²) in [6, 6.07) is 0. The van der Waals surface area contributed by atoms with Gasteiger partial charge in [0.1, 0.15) is 6.10 Å². The molecule has 0 amide bonds. The Morgan fingerprint density at radius 2 is 1.81 bits per heavy atom. The lowest BCUT2D eigenvalue weighted by Gasteiger charge is -2.59. The van der Waals surface area contributed by atoms with Crippen LogP contribution < -0.4 is 0 Å². The van der Waals surface area contributed by atoms with E-state index >= 15 is 0 Å². The molecule has 4 rings (SSSR count). The van der Waals surface area contributed by atoms with E-state index in [1.54, 1.807) is 5.57 Å². The molecule has 176 valence electrons. The Morgan fingerprint density at radius 3 is 2.52 bits per heavy atom. The van der Waals surface area contributed by atoms with E-state index in [1.807, 2.05) is 6.92 Å². The molecular weight excluding hydrogens is 396 g/mol. The fourth-order valence-electron chi connectivity index (χ4n) is 9.03. The molecule has 0 heterocycles. The molecule has 8 unspecified atom stereocenters. The van der Waals surface area contributed by atoms with Crippen molar-refractivity contribution in [2.75, 3.05) is 0 Å². The molecule has 31 heavy (non-hydrogen) atoms. The maximum Gasteiger partial charge on any atom is 0.157 e. The van der Waals surface area contributed by atoms with Gasteiger partial charge in [0.15, 0.2) is 5.05 Å². The number of hydrogen-bond donors (Lipinski definition) is 0. The molecule has 0 aromatic heterocycles. The number of fused-ring (bicyclic) bond motifs is 5. The summed E-state index contributed by atoms with van der Waals surface area (Å²) >= 11 is 5.23. The molecule has 0 aromatic rings. The first kappa shape index (κ1) is 23.8. The highest BCUT2D eigenvalue weighted by atomic mass is 32.1. The van der Waals surface area contributed by atoms with Crippen LogP contribution in [0.15, 0.2) is 11.6 Å². The third-order valence-electron chi connectivity index (χ3n) is 10.6. The minimum absolute atomic E-state index is 0.230. The van der Waals surface area contributed by atoms with Gasteiger partial charge in [-0.15, -0.1) is 0 Å². The van der Waals surface area contributed by atoms with Crippen molar-refractivity contribution in [3.05, 3.63) is 11.6 Å². The number of ether oxygens (including phenoxy) is 1. The van der Waals surface area contributed by atoms with Gasteiger partial charge in [-0.3, -0.25) is 0 Å². The predicted molar refractivity (Wildman–Crippen MR) is 136 cm³/mol. The summed E-state index contributed by atoms with van der Waals surface area (Å²) in [4.78, 5) is 0. The van der Waals surface area contributed by atoms with Crippen molar-refractivity contribution in [1.29, 1.82) is 0 Å². The van der Waals surface area contributed by atoms with Crippen molar-refractivity contribution in [3.63, 3.8) is 0 Å². The summed E-state index contributed by atoms with van der Waals surface area (Å²) in [5.74, 6) is 5.55. The third kappa shape index (κ3) is 4.41. The number of hydrogen-bond acceptors (Lipinski definition) is 2. The Hall–Kier alpha value is -0.370. The van der Waals surface area contributed by atoms with Gasteiger partial charge < -0.3 is 4.74 Å². The van der Waals surface area contributed by atoms with Crippen molar-refractivity contribution < 1.29 is 4.74 Å². The van der Waals surface area contributed by atoms with Crippen LogP contribution in [0.4, 0.5) is 0 Å². The van der Waals surface area contributed by atoms with Gasteiger partial charge in [0.2, 0.25) is 0 Å². The van der Waals surface area contributed by atoms with E-state index in [1.165, 1.54) is 64.2 Å². The average Bonchev–Trinajstić information content (AvgIpc) is 3.05. The number of allylic oxidation sites excluding steroid dienone is 1. The second-order valence-electron chi connectivity index (χ2n) is 12.7. The lowest BCUT2D eigenvalue weighted by molar-refractivity contribution is -0.0622. The van der Waals surface area contributed by atoms with Crippen LogP contribution >= 0.6 is 12.2 Å². The summed E-state index contributed by atoms with van der Waals surface area (Å²) in [5, 5.41) is 0.701. The SMILES string of the molecule is CC(=S)OC1C=C2CCC3C(CCC4(C)C(C(C)CCCC(C)C)CCC34)C2(C)CC1.